The van der Waals surface area contributed by atoms with Crippen molar-refractivity contribution >= 4 is 5.97 Å². The van der Waals surface area contributed by atoms with Crippen molar-refractivity contribution in [1.82, 2.24) is 5.32 Å². The molecule has 0 amide bonds. The SMILES string of the molecule is COC(=O)CC[C@]12C3CCC[C@@]34CC[C@@H]3C4N[C@H]1[C@@H](C(C)C)CC[C@@]32C. The Morgan fingerprint density at radius 3 is 2.69 bits per heavy atom. The molecule has 6 aliphatic rings. The highest BCUT2D eigenvalue weighted by molar-refractivity contribution is 5.69. The highest BCUT2D eigenvalue weighted by Crippen LogP contribution is 2.80. The minimum Gasteiger partial charge on any atom is -0.469 e. The van der Waals surface area contributed by atoms with Gasteiger partial charge in [0.1, 0.15) is 0 Å². The van der Waals surface area contributed by atoms with Crippen LogP contribution in [0.4, 0.5) is 0 Å². The number of carbonyl (C=O) groups is 1. The van der Waals surface area contributed by atoms with Crippen LogP contribution in [-0.2, 0) is 9.53 Å². The highest BCUT2D eigenvalue weighted by atomic mass is 16.5. The molecule has 0 aromatic heterocycles. The van der Waals surface area contributed by atoms with E-state index in [0.29, 0.717) is 28.7 Å². The average molecular weight is 360 g/mol. The first-order valence-corrected chi connectivity index (χ1v) is 11.2. The molecule has 0 aromatic carbocycles. The Labute approximate surface area is 159 Å². The first-order valence-electron chi connectivity index (χ1n) is 11.2. The number of rotatable bonds is 4. The zero-order chi connectivity index (χ0) is 18.3. The number of esters is 1. The van der Waals surface area contributed by atoms with Crippen LogP contribution >= 0.6 is 0 Å². The van der Waals surface area contributed by atoms with E-state index < -0.39 is 0 Å². The van der Waals surface area contributed by atoms with Crippen LogP contribution in [0.2, 0.25) is 0 Å². The Morgan fingerprint density at radius 1 is 1.15 bits per heavy atom. The summed E-state index contributed by atoms with van der Waals surface area (Å²) in [6.45, 7) is 7.48. The normalized spacial score (nSPS) is 53.8. The van der Waals surface area contributed by atoms with Gasteiger partial charge in [-0.05, 0) is 84.9 Å². The summed E-state index contributed by atoms with van der Waals surface area (Å²) in [4.78, 5) is 12.2. The van der Waals surface area contributed by atoms with E-state index in [0.717, 1.165) is 36.1 Å². The van der Waals surface area contributed by atoms with Crippen LogP contribution in [0.15, 0.2) is 0 Å². The molecule has 4 aliphatic carbocycles. The first-order chi connectivity index (χ1) is 12.4. The molecule has 3 nitrogen and oxygen atoms in total. The lowest BCUT2D eigenvalue weighted by Crippen LogP contribution is -2.80. The van der Waals surface area contributed by atoms with E-state index in [1.165, 1.54) is 44.9 Å². The lowest BCUT2D eigenvalue weighted by Gasteiger charge is -2.76. The molecule has 2 saturated heterocycles. The second-order valence-corrected chi connectivity index (χ2v) is 10.9. The summed E-state index contributed by atoms with van der Waals surface area (Å²) < 4.78 is 5.09. The molecule has 6 bridgehead atoms. The second-order valence-electron chi connectivity index (χ2n) is 10.9. The topological polar surface area (TPSA) is 38.3 Å². The molecule has 2 aliphatic heterocycles. The summed E-state index contributed by atoms with van der Waals surface area (Å²) in [5.74, 6) is 3.15. The molecule has 6 rings (SSSR count). The molecule has 8 atom stereocenters. The van der Waals surface area contributed by atoms with Gasteiger partial charge >= 0.3 is 5.97 Å². The third-order valence-corrected chi connectivity index (χ3v) is 10.4. The third-order valence-electron chi connectivity index (χ3n) is 10.4. The monoisotopic (exact) mass is 359 g/mol. The summed E-state index contributed by atoms with van der Waals surface area (Å²) in [7, 11) is 1.55. The maximum Gasteiger partial charge on any atom is 0.305 e. The van der Waals surface area contributed by atoms with Crippen molar-refractivity contribution in [3.8, 4) is 0 Å². The van der Waals surface area contributed by atoms with Gasteiger partial charge in [-0.1, -0.05) is 27.2 Å². The van der Waals surface area contributed by atoms with Gasteiger partial charge in [-0.3, -0.25) is 4.79 Å². The molecule has 4 saturated carbocycles. The van der Waals surface area contributed by atoms with Gasteiger partial charge in [-0.15, -0.1) is 0 Å². The minimum atomic E-state index is -0.00534. The third kappa shape index (κ3) is 1.78. The number of methoxy groups -OCH3 is 1. The molecule has 1 spiro atoms. The van der Waals surface area contributed by atoms with E-state index in [1.807, 2.05) is 0 Å². The molecule has 2 unspecified atom stereocenters. The number of ether oxygens (including phenoxy) is 1. The van der Waals surface area contributed by atoms with Gasteiger partial charge in [0.2, 0.25) is 0 Å². The second kappa shape index (κ2) is 5.49. The maximum atomic E-state index is 12.2. The van der Waals surface area contributed by atoms with Crippen LogP contribution in [0.3, 0.4) is 0 Å². The van der Waals surface area contributed by atoms with Crippen LogP contribution < -0.4 is 5.32 Å². The molecule has 26 heavy (non-hydrogen) atoms. The van der Waals surface area contributed by atoms with Crippen molar-refractivity contribution in [2.45, 2.75) is 90.6 Å². The maximum absolute atomic E-state index is 12.2. The summed E-state index contributed by atoms with van der Waals surface area (Å²) in [5.41, 5.74) is 1.28. The molecule has 1 N–H and O–H groups in total. The van der Waals surface area contributed by atoms with Crippen molar-refractivity contribution in [3.63, 3.8) is 0 Å². The van der Waals surface area contributed by atoms with Crippen molar-refractivity contribution in [2.75, 3.05) is 7.11 Å². The molecular formula is C23H37NO2. The van der Waals surface area contributed by atoms with Crippen LogP contribution in [-0.4, -0.2) is 25.2 Å². The Bertz CT molecular complexity index is 617. The summed E-state index contributed by atoms with van der Waals surface area (Å²) in [5, 5.41) is 4.30. The van der Waals surface area contributed by atoms with Gasteiger partial charge in [-0.25, -0.2) is 0 Å². The smallest absolute Gasteiger partial charge is 0.305 e. The molecule has 3 heteroatoms. The van der Waals surface area contributed by atoms with Gasteiger partial charge in [0.15, 0.2) is 0 Å². The zero-order valence-corrected chi connectivity index (χ0v) is 17.1. The fourth-order valence-corrected chi connectivity index (χ4v) is 9.61. The van der Waals surface area contributed by atoms with Crippen molar-refractivity contribution in [3.05, 3.63) is 0 Å². The van der Waals surface area contributed by atoms with Crippen LogP contribution in [0.5, 0.6) is 0 Å². The predicted octanol–water partition coefficient (Wildman–Crippen LogP) is 4.55. The highest BCUT2D eigenvalue weighted by Gasteiger charge is 2.79. The van der Waals surface area contributed by atoms with E-state index >= 15 is 0 Å². The number of nitrogens with one attached hydrogen (secondary N) is 1. The van der Waals surface area contributed by atoms with Crippen LogP contribution in [0.1, 0.15) is 78.6 Å². The van der Waals surface area contributed by atoms with E-state index in [1.54, 1.807) is 7.11 Å². The molecule has 2 heterocycles. The summed E-state index contributed by atoms with van der Waals surface area (Å²) in [6, 6.07) is 1.37. The van der Waals surface area contributed by atoms with Crippen LogP contribution in [0, 0.1) is 39.9 Å². The van der Waals surface area contributed by atoms with E-state index in [2.05, 4.69) is 26.1 Å². The first kappa shape index (κ1) is 17.5. The Balaban J connectivity index is 1.65. The van der Waals surface area contributed by atoms with E-state index in [9.17, 15) is 4.79 Å². The zero-order valence-electron chi connectivity index (χ0n) is 17.1. The largest absolute Gasteiger partial charge is 0.469 e. The molecule has 146 valence electrons. The number of piperidine rings is 2. The molecule has 0 radical (unpaired) electrons. The Hall–Kier alpha value is -0.570. The molecule has 6 fully saturated rings. The van der Waals surface area contributed by atoms with Crippen molar-refractivity contribution in [2.24, 2.45) is 39.9 Å². The van der Waals surface area contributed by atoms with E-state index in [4.69, 9.17) is 4.74 Å². The standard InChI is InChI=1S/C23H37NO2/c1-14(2)15-7-11-21(3)16-8-12-22-10-5-6-17(22)23(21,13-9-18(25)26-4)19(15)24-20(16)22/h14-17,19-20,24H,5-13H2,1-4H3/t15-,16-,17?,19+,20?,21+,22-,23+/m1/s1. The average Bonchev–Trinajstić information content (AvgIpc) is 3.19. The van der Waals surface area contributed by atoms with Gasteiger partial charge in [-0.2, -0.15) is 0 Å². The minimum absolute atomic E-state index is 0.00534. The fourth-order valence-electron chi connectivity index (χ4n) is 9.61. The summed E-state index contributed by atoms with van der Waals surface area (Å²) >= 11 is 0. The van der Waals surface area contributed by atoms with Gasteiger partial charge in [0.25, 0.3) is 0 Å². The summed E-state index contributed by atoms with van der Waals surface area (Å²) in [6.07, 6.45) is 11.5. The number of hydrogen-bond donors (Lipinski definition) is 1. The fraction of sp³-hybridized carbons (Fsp3) is 0.957. The Kier molecular flexibility index (Phi) is 3.70. The van der Waals surface area contributed by atoms with E-state index in [-0.39, 0.29) is 5.97 Å². The van der Waals surface area contributed by atoms with Gasteiger partial charge in [0.05, 0.1) is 7.11 Å². The van der Waals surface area contributed by atoms with Crippen molar-refractivity contribution in [1.29, 1.82) is 0 Å². The van der Waals surface area contributed by atoms with Gasteiger partial charge < -0.3 is 10.1 Å². The number of carbonyl (C=O) groups excluding carboxylic acids is 1. The molecular weight excluding hydrogens is 322 g/mol. The predicted molar refractivity (Wildman–Crippen MR) is 103 cm³/mol. The lowest BCUT2D eigenvalue weighted by atomic mass is 9.33. The quantitative estimate of drug-likeness (QED) is 0.749. The van der Waals surface area contributed by atoms with Crippen molar-refractivity contribution < 1.29 is 9.53 Å². The van der Waals surface area contributed by atoms with Gasteiger partial charge in [0, 0.05) is 18.5 Å². The van der Waals surface area contributed by atoms with Crippen LogP contribution in [0.25, 0.3) is 0 Å². The lowest BCUT2D eigenvalue weighted by molar-refractivity contribution is -0.247. The number of hydrogen-bond acceptors (Lipinski definition) is 3. The molecule has 0 aromatic rings. The Morgan fingerprint density at radius 2 is 1.96 bits per heavy atom.